The molecular formula is C20H23F2N3O5. The molecule has 1 spiro atoms. The van der Waals surface area contributed by atoms with Gasteiger partial charge >= 0.3 is 12.0 Å². The van der Waals surface area contributed by atoms with E-state index in [0.717, 1.165) is 35.9 Å². The topological polar surface area (TPSA) is 105 Å². The van der Waals surface area contributed by atoms with Gasteiger partial charge in [0.1, 0.15) is 29.4 Å². The van der Waals surface area contributed by atoms with Crippen molar-refractivity contribution in [1.29, 1.82) is 0 Å². The van der Waals surface area contributed by atoms with Gasteiger partial charge in [-0.15, -0.1) is 0 Å². The molecule has 0 bridgehead atoms. The fourth-order valence-corrected chi connectivity index (χ4v) is 3.67. The molecule has 1 atom stereocenters. The minimum absolute atomic E-state index is 0.456. The molecule has 1 aliphatic carbocycles. The highest BCUT2D eigenvalue weighted by Crippen LogP contribution is 2.36. The molecule has 1 aliphatic heterocycles. The lowest BCUT2D eigenvalue weighted by Crippen LogP contribution is -2.49. The number of urea groups is 1. The monoisotopic (exact) mass is 423 g/mol. The van der Waals surface area contributed by atoms with Crippen LogP contribution >= 0.6 is 0 Å². The van der Waals surface area contributed by atoms with Crippen LogP contribution in [0.1, 0.15) is 39.5 Å². The normalized spacial score (nSPS) is 24.5. The van der Waals surface area contributed by atoms with Crippen molar-refractivity contribution in [3.8, 4) is 0 Å². The van der Waals surface area contributed by atoms with Gasteiger partial charge in [-0.05, 0) is 50.7 Å². The van der Waals surface area contributed by atoms with Gasteiger partial charge in [0, 0.05) is 0 Å². The Morgan fingerprint density at radius 3 is 2.47 bits per heavy atom. The minimum Gasteiger partial charge on any atom is -0.451 e. The van der Waals surface area contributed by atoms with Crippen molar-refractivity contribution in [1.82, 2.24) is 10.2 Å². The van der Waals surface area contributed by atoms with Crippen LogP contribution in [0.15, 0.2) is 18.2 Å². The van der Waals surface area contributed by atoms with Crippen LogP contribution in [-0.2, 0) is 19.1 Å². The van der Waals surface area contributed by atoms with Gasteiger partial charge in [0.15, 0.2) is 6.10 Å². The highest BCUT2D eigenvalue weighted by atomic mass is 19.1. The fraction of sp³-hybridized carbons (Fsp3) is 0.500. The summed E-state index contributed by atoms with van der Waals surface area (Å²) in [5, 5.41) is 4.70. The van der Waals surface area contributed by atoms with Crippen LogP contribution in [-0.4, -0.2) is 46.9 Å². The first-order chi connectivity index (χ1) is 14.1. The number of para-hydroxylation sites is 1. The van der Waals surface area contributed by atoms with Gasteiger partial charge in [-0.1, -0.05) is 13.0 Å². The molecular weight excluding hydrogens is 400 g/mol. The van der Waals surface area contributed by atoms with Gasteiger partial charge in [0.05, 0.1) is 0 Å². The van der Waals surface area contributed by atoms with E-state index in [0.29, 0.717) is 18.8 Å². The first kappa shape index (κ1) is 21.7. The summed E-state index contributed by atoms with van der Waals surface area (Å²) < 4.78 is 32.2. The molecule has 1 aromatic carbocycles. The van der Waals surface area contributed by atoms with E-state index in [1.54, 1.807) is 0 Å². The van der Waals surface area contributed by atoms with E-state index in [9.17, 15) is 28.0 Å². The molecule has 8 nitrogen and oxygen atoms in total. The molecule has 0 aromatic heterocycles. The fourth-order valence-electron chi connectivity index (χ4n) is 3.67. The second kappa shape index (κ2) is 8.37. The zero-order valence-electron chi connectivity index (χ0n) is 16.7. The average molecular weight is 423 g/mol. The number of carbonyl (C=O) groups excluding carboxylic acids is 4. The van der Waals surface area contributed by atoms with E-state index >= 15 is 0 Å². The maximum atomic E-state index is 13.6. The van der Waals surface area contributed by atoms with Crippen LogP contribution in [0.2, 0.25) is 0 Å². The molecule has 1 saturated carbocycles. The first-order valence-electron chi connectivity index (χ1n) is 9.71. The summed E-state index contributed by atoms with van der Waals surface area (Å²) in [6.07, 6.45) is 1.17. The van der Waals surface area contributed by atoms with Gasteiger partial charge in [-0.25, -0.2) is 13.6 Å². The van der Waals surface area contributed by atoms with Crippen molar-refractivity contribution in [2.75, 3.05) is 11.9 Å². The summed E-state index contributed by atoms with van der Waals surface area (Å²) >= 11 is 0. The third-order valence-corrected chi connectivity index (χ3v) is 5.55. The highest BCUT2D eigenvalue weighted by Gasteiger charge is 2.52. The number of amides is 4. The molecule has 2 fully saturated rings. The highest BCUT2D eigenvalue weighted by molar-refractivity contribution is 6.08. The Balaban J connectivity index is 1.58. The molecule has 0 radical (unpaired) electrons. The molecule has 1 unspecified atom stereocenters. The van der Waals surface area contributed by atoms with Gasteiger partial charge < -0.3 is 15.4 Å². The molecule has 1 heterocycles. The summed E-state index contributed by atoms with van der Waals surface area (Å²) in [5.74, 6) is -3.93. The Kier molecular flexibility index (Phi) is 6.04. The zero-order chi connectivity index (χ0) is 22.1. The predicted octanol–water partition coefficient (Wildman–Crippen LogP) is 2.34. The molecule has 30 heavy (non-hydrogen) atoms. The number of hydrogen-bond donors (Lipinski definition) is 2. The Bertz CT molecular complexity index is 863. The number of rotatable bonds is 5. The number of nitrogens with one attached hydrogen (secondary N) is 2. The molecule has 1 aromatic rings. The van der Waals surface area contributed by atoms with Gasteiger partial charge in [-0.3, -0.25) is 19.3 Å². The number of halogens is 2. The van der Waals surface area contributed by atoms with Crippen LogP contribution in [0.5, 0.6) is 0 Å². The van der Waals surface area contributed by atoms with Crippen LogP contribution < -0.4 is 10.6 Å². The second-order valence-corrected chi connectivity index (χ2v) is 7.80. The predicted molar refractivity (Wildman–Crippen MR) is 101 cm³/mol. The van der Waals surface area contributed by atoms with E-state index in [-0.39, 0.29) is 0 Å². The van der Waals surface area contributed by atoms with Crippen LogP contribution in [0.4, 0.5) is 19.3 Å². The summed E-state index contributed by atoms with van der Waals surface area (Å²) in [5.41, 5.74) is -1.65. The van der Waals surface area contributed by atoms with E-state index in [2.05, 4.69) is 12.2 Å². The number of hydrogen-bond acceptors (Lipinski definition) is 5. The number of ether oxygens (including phenoxy) is 1. The standard InChI is InChI=1S/C20H23F2N3O5/c1-11-6-8-20(9-7-11)18(28)25(19(29)24-20)10-15(26)30-12(2)17(27)23-16-13(21)4-3-5-14(16)22/h3-5,11-12H,6-10H2,1-2H3,(H,23,27)(H,24,29). The third kappa shape index (κ3) is 4.27. The number of carbonyl (C=O) groups is 4. The van der Waals surface area contributed by atoms with Crippen molar-refractivity contribution in [3.63, 3.8) is 0 Å². The largest absolute Gasteiger partial charge is 0.451 e. The SMILES string of the molecule is CC1CCC2(CC1)NC(=O)N(CC(=O)OC(C)C(=O)Nc1c(F)cccc1F)C2=O. The first-order valence-corrected chi connectivity index (χ1v) is 9.71. The van der Waals surface area contributed by atoms with E-state index in [1.165, 1.54) is 6.92 Å². The Morgan fingerprint density at radius 1 is 1.27 bits per heavy atom. The Morgan fingerprint density at radius 2 is 1.87 bits per heavy atom. The van der Waals surface area contributed by atoms with Crippen molar-refractivity contribution in [2.24, 2.45) is 5.92 Å². The number of imide groups is 1. The van der Waals surface area contributed by atoms with E-state index in [1.807, 2.05) is 5.32 Å². The van der Waals surface area contributed by atoms with Crippen LogP contribution in [0, 0.1) is 17.6 Å². The Hall–Kier alpha value is -3.04. The maximum Gasteiger partial charge on any atom is 0.327 e. The third-order valence-electron chi connectivity index (χ3n) is 5.55. The average Bonchev–Trinajstić information content (AvgIpc) is 2.91. The number of anilines is 1. The van der Waals surface area contributed by atoms with Crippen molar-refractivity contribution >= 4 is 29.5 Å². The quantitative estimate of drug-likeness (QED) is 0.559. The minimum atomic E-state index is -1.40. The molecule has 2 N–H and O–H groups in total. The molecule has 4 amide bonds. The number of nitrogens with zero attached hydrogens (tertiary/aromatic N) is 1. The van der Waals surface area contributed by atoms with Gasteiger partial charge in [0.25, 0.3) is 11.8 Å². The molecule has 1 saturated heterocycles. The van der Waals surface area contributed by atoms with E-state index in [4.69, 9.17) is 4.74 Å². The van der Waals surface area contributed by atoms with Crippen molar-refractivity contribution < 1.29 is 32.7 Å². The zero-order valence-corrected chi connectivity index (χ0v) is 16.7. The lowest BCUT2D eigenvalue weighted by atomic mass is 9.77. The summed E-state index contributed by atoms with van der Waals surface area (Å²) in [6.45, 7) is 2.62. The van der Waals surface area contributed by atoms with Crippen LogP contribution in [0.25, 0.3) is 0 Å². The van der Waals surface area contributed by atoms with Gasteiger partial charge in [-0.2, -0.15) is 0 Å². The molecule has 162 valence electrons. The summed E-state index contributed by atoms with van der Waals surface area (Å²) in [7, 11) is 0. The van der Waals surface area contributed by atoms with Crippen molar-refractivity contribution in [2.45, 2.75) is 51.2 Å². The van der Waals surface area contributed by atoms with Crippen molar-refractivity contribution in [3.05, 3.63) is 29.8 Å². The smallest absolute Gasteiger partial charge is 0.327 e. The lowest BCUT2D eigenvalue weighted by Gasteiger charge is -2.33. The number of esters is 1. The van der Waals surface area contributed by atoms with Crippen LogP contribution in [0.3, 0.4) is 0 Å². The number of benzene rings is 1. The lowest BCUT2D eigenvalue weighted by molar-refractivity contribution is -0.155. The van der Waals surface area contributed by atoms with E-state index < -0.39 is 59.3 Å². The summed E-state index contributed by atoms with van der Waals surface area (Å²) in [4.78, 5) is 50.1. The van der Waals surface area contributed by atoms with Gasteiger partial charge in [0.2, 0.25) is 0 Å². The maximum absolute atomic E-state index is 13.6. The molecule has 3 rings (SSSR count). The molecule has 10 heteroatoms. The molecule has 2 aliphatic rings. The second-order valence-electron chi connectivity index (χ2n) is 7.80. The Labute approximate surface area is 171 Å². The summed E-state index contributed by atoms with van der Waals surface area (Å²) in [6, 6.07) is 2.39.